The minimum Gasteiger partial charge on any atom is -0.489 e. The van der Waals surface area contributed by atoms with Crippen LogP contribution in [0.4, 0.5) is 5.69 Å². The average Bonchev–Trinajstić information content (AvgIpc) is 2.30. The summed E-state index contributed by atoms with van der Waals surface area (Å²) in [5, 5.41) is 0.667. The fraction of sp³-hybridized carbons (Fsp3) is 0.0769. The Hall–Kier alpha value is -0.940. The van der Waals surface area contributed by atoms with Crippen molar-refractivity contribution in [3.63, 3.8) is 0 Å². The van der Waals surface area contributed by atoms with E-state index in [9.17, 15) is 0 Å². The summed E-state index contributed by atoms with van der Waals surface area (Å²) >= 11 is 8.16. The van der Waals surface area contributed by atoms with Crippen LogP contribution in [0.5, 0.6) is 5.75 Å². The first-order valence-electron chi connectivity index (χ1n) is 5.07. The molecule has 0 aliphatic rings. The highest BCUT2D eigenvalue weighted by Crippen LogP contribution is 2.21. The number of halogens is 2. The van der Waals surface area contributed by atoms with E-state index in [-0.39, 0.29) is 0 Å². The molecule has 2 N–H and O–H groups in total. The van der Waals surface area contributed by atoms with Gasteiger partial charge < -0.3 is 10.5 Å². The Morgan fingerprint density at radius 2 is 2.00 bits per heavy atom. The molecule has 0 amide bonds. The highest BCUT2D eigenvalue weighted by molar-refractivity contribution is 14.1. The second-order valence-electron chi connectivity index (χ2n) is 3.59. The summed E-state index contributed by atoms with van der Waals surface area (Å²) in [5.41, 5.74) is 7.44. The molecule has 0 aromatic heterocycles. The summed E-state index contributed by atoms with van der Waals surface area (Å²) in [7, 11) is 0. The first-order valence-corrected chi connectivity index (χ1v) is 6.53. The van der Waals surface area contributed by atoms with Gasteiger partial charge in [0.25, 0.3) is 0 Å². The van der Waals surface area contributed by atoms with Crippen LogP contribution in [-0.4, -0.2) is 0 Å². The van der Waals surface area contributed by atoms with Gasteiger partial charge in [-0.1, -0.05) is 17.7 Å². The molecule has 0 atom stereocenters. The average molecular weight is 360 g/mol. The molecule has 0 radical (unpaired) electrons. The molecule has 4 heteroatoms. The number of nitrogens with two attached hydrogens (primary N) is 1. The van der Waals surface area contributed by atoms with Gasteiger partial charge in [-0.3, -0.25) is 0 Å². The maximum absolute atomic E-state index is 5.91. The lowest BCUT2D eigenvalue weighted by atomic mass is 10.2. The van der Waals surface area contributed by atoms with Gasteiger partial charge in [0.2, 0.25) is 0 Å². The van der Waals surface area contributed by atoms with Gasteiger partial charge in [-0.15, -0.1) is 0 Å². The molecule has 17 heavy (non-hydrogen) atoms. The van der Waals surface area contributed by atoms with E-state index in [1.54, 1.807) is 12.1 Å². The van der Waals surface area contributed by atoms with Gasteiger partial charge in [0.15, 0.2) is 0 Å². The molecule has 0 saturated heterocycles. The second-order valence-corrected chi connectivity index (χ2v) is 5.27. The Labute approximate surface area is 119 Å². The van der Waals surface area contributed by atoms with Crippen LogP contribution >= 0.6 is 34.2 Å². The molecule has 0 heterocycles. The molecule has 0 fully saturated rings. The van der Waals surface area contributed by atoms with Crippen LogP contribution in [0.15, 0.2) is 42.5 Å². The van der Waals surface area contributed by atoms with Gasteiger partial charge in [-0.05, 0) is 59.0 Å². The smallest absolute Gasteiger partial charge is 0.120 e. The Balaban J connectivity index is 2.09. The predicted octanol–water partition coefficient (Wildman–Crippen LogP) is 4.11. The summed E-state index contributed by atoms with van der Waals surface area (Å²) in [6.45, 7) is 0.423. The monoisotopic (exact) mass is 359 g/mol. The van der Waals surface area contributed by atoms with Gasteiger partial charge in [-0.25, -0.2) is 0 Å². The Morgan fingerprint density at radius 1 is 1.18 bits per heavy atom. The molecule has 0 unspecified atom stereocenters. The largest absolute Gasteiger partial charge is 0.489 e. The van der Waals surface area contributed by atoms with Crippen LogP contribution < -0.4 is 10.5 Å². The van der Waals surface area contributed by atoms with Crippen molar-refractivity contribution >= 4 is 39.9 Å². The van der Waals surface area contributed by atoms with E-state index >= 15 is 0 Å². The third-order valence-electron chi connectivity index (χ3n) is 2.30. The lowest BCUT2D eigenvalue weighted by molar-refractivity contribution is 0.306. The Morgan fingerprint density at radius 3 is 2.76 bits per heavy atom. The van der Waals surface area contributed by atoms with Crippen molar-refractivity contribution in [1.82, 2.24) is 0 Å². The molecule has 2 aromatic rings. The lowest BCUT2D eigenvalue weighted by Crippen LogP contribution is -2.00. The third kappa shape index (κ3) is 3.51. The lowest BCUT2D eigenvalue weighted by Gasteiger charge is -2.09. The zero-order valence-electron chi connectivity index (χ0n) is 8.99. The summed E-state index contributed by atoms with van der Waals surface area (Å²) in [4.78, 5) is 0. The number of hydrogen-bond donors (Lipinski definition) is 1. The van der Waals surface area contributed by atoms with Crippen molar-refractivity contribution < 1.29 is 4.74 Å². The summed E-state index contributed by atoms with van der Waals surface area (Å²) in [6, 6.07) is 13.2. The molecule has 2 nitrogen and oxygen atoms in total. The molecule has 0 spiro atoms. The highest BCUT2D eigenvalue weighted by Gasteiger charge is 2.02. The van der Waals surface area contributed by atoms with Crippen molar-refractivity contribution in [3.05, 3.63) is 56.6 Å². The van der Waals surface area contributed by atoms with Crippen molar-refractivity contribution in [2.45, 2.75) is 6.61 Å². The van der Waals surface area contributed by atoms with Gasteiger partial charge in [0.1, 0.15) is 12.4 Å². The molecule has 0 saturated carbocycles. The minimum absolute atomic E-state index is 0.423. The van der Waals surface area contributed by atoms with E-state index in [4.69, 9.17) is 22.1 Å². The molecule has 2 aromatic carbocycles. The summed E-state index contributed by atoms with van der Waals surface area (Å²) < 4.78 is 6.80. The fourth-order valence-corrected chi connectivity index (χ4v) is 2.13. The minimum atomic E-state index is 0.423. The van der Waals surface area contributed by atoms with Crippen molar-refractivity contribution in [3.8, 4) is 5.75 Å². The van der Waals surface area contributed by atoms with Crippen LogP contribution in [0.25, 0.3) is 0 Å². The Kier molecular flexibility index (Phi) is 4.12. The summed E-state index contributed by atoms with van der Waals surface area (Å²) in [5.74, 6) is 0.830. The SMILES string of the molecule is Nc1ccc(Cl)cc1COc1cccc(I)c1. The van der Waals surface area contributed by atoms with Gasteiger partial charge in [0.05, 0.1) is 0 Å². The number of nitrogen functional groups attached to an aromatic ring is 1. The van der Waals surface area contributed by atoms with Crippen LogP contribution in [0.1, 0.15) is 5.56 Å². The third-order valence-corrected chi connectivity index (χ3v) is 3.20. The van der Waals surface area contributed by atoms with Gasteiger partial charge >= 0.3 is 0 Å². The van der Waals surface area contributed by atoms with E-state index in [1.165, 1.54) is 0 Å². The van der Waals surface area contributed by atoms with Crippen molar-refractivity contribution in [1.29, 1.82) is 0 Å². The number of benzene rings is 2. The fourth-order valence-electron chi connectivity index (χ4n) is 1.42. The van der Waals surface area contributed by atoms with E-state index in [2.05, 4.69) is 22.6 Å². The maximum atomic E-state index is 5.91. The predicted molar refractivity (Wildman–Crippen MR) is 79.4 cm³/mol. The van der Waals surface area contributed by atoms with E-state index in [0.717, 1.165) is 14.9 Å². The van der Waals surface area contributed by atoms with E-state index < -0.39 is 0 Å². The molecule has 0 aliphatic heterocycles. The zero-order chi connectivity index (χ0) is 12.3. The van der Waals surface area contributed by atoms with Crippen LogP contribution in [-0.2, 0) is 6.61 Å². The molecular formula is C13H11ClINO. The van der Waals surface area contributed by atoms with Gasteiger partial charge in [-0.2, -0.15) is 0 Å². The van der Waals surface area contributed by atoms with Gasteiger partial charge in [0, 0.05) is 19.8 Å². The molecule has 0 aliphatic carbocycles. The highest BCUT2D eigenvalue weighted by atomic mass is 127. The standard InChI is InChI=1S/C13H11ClINO/c14-10-4-5-13(16)9(6-10)8-17-12-3-1-2-11(15)7-12/h1-7H,8,16H2. The van der Waals surface area contributed by atoms with Crippen molar-refractivity contribution in [2.24, 2.45) is 0 Å². The molecule has 0 bridgehead atoms. The number of ether oxygens (including phenoxy) is 1. The topological polar surface area (TPSA) is 35.2 Å². The first kappa shape index (κ1) is 12.5. The number of hydrogen-bond acceptors (Lipinski definition) is 2. The Bertz CT molecular complexity index is 531. The van der Waals surface area contributed by atoms with Crippen LogP contribution in [0.2, 0.25) is 5.02 Å². The number of rotatable bonds is 3. The van der Waals surface area contributed by atoms with E-state index in [1.807, 2.05) is 30.3 Å². The maximum Gasteiger partial charge on any atom is 0.120 e. The van der Waals surface area contributed by atoms with Crippen LogP contribution in [0, 0.1) is 3.57 Å². The normalized spacial score (nSPS) is 10.2. The molecule has 88 valence electrons. The molecule has 2 rings (SSSR count). The number of anilines is 1. The summed E-state index contributed by atoms with van der Waals surface area (Å²) in [6.07, 6.45) is 0. The van der Waals surface area contributed by atoms with Crippen molar-refractivity contribution in [2.75, 3.05) is 5.73 Å². The second kappa shape index (κ2) is 5.60. The molecular weight excluding hydrogens is 349 g/mol. The van der Waals surface area contributed by atoms with Crippen LogP contribution in [0.3, 0.4) is 0 Å². The zero-order valence-corrected chi connectivity index (χ0v) is 11.9. The van der Waals surface area contributed by atoms with E-state index in [0.29, 0.717) is 17.3 Å². The first-order chi connectivity index (χ1) is 8.15. The quantitative estimate of drug-likeness (QED) is 0.661.